The first-order valence-corrected chi connectivity index (χ1v) is 3.51. The fourth-order valence-corrected chi connectivity index (χ4v) is 1.52. The highest BCUT2D eigenvalue weighted by molar-refractivity contribution is 5.40. The Bertz CT molecular complexity index is 189. The van der Waals surface area contributed by atoms with Gasteiger partial charge in [0.2, 0.25) is 0 Å². The SMILES string of the molecule is NCC1=CC2CCC2=C1. The topological polar surface area (TPSA) is 26.0 Å². The van der Waals surface area contributed by atoms with Crippen LogP contribution < -0.4 is 5.73 Å². The molecule has 1 nitrogen and oxygen atoms in total. The molecule has 1 saturated carbocycles. The second-order valence-electron chi connectivity index (χ2n) is 2.81. The number of hydrogen-bond donors (Lipinski definition) is 1. The Labute approximate surface area is 55.2 Å². The quantitative estimate of drug-likeness (QED) is 0.554. The Balaban J connectivity index is 2.20. The lowest BCUT2D eigenvalue weighted by Gasteiger charge is -2.22. The molecule has 1 heteroatoms. The molecule has 0 bridgehead atoms. The zero-order valence-corrected chi connectivity index (χ0v) is 5.43. The minimum absolute atomic E-state index is 0.722. The average Bonchev–Trinajstić information content (AvgIpc) is 2.10. The van der Waals surface area contributed by atoms with E-state index in [0.717, 1.165) is 12.5 Å². The van der Waals surface area contributed by atoms with Gasteiger partial charge in [-0.1, -0.05) is 17.7 Å². The number of rotatable bonds is 1. The first kappa shape index (κ1) is 5.24. The predicted octanol–water partition coefficient (Wildman–Crippen LogP) is 1.22. The molecule has 0 amide bonds. The van der Waals surface area contributed by atoms with Crippen molar-refractivity contribution < 1.29 is 0 Å². The van der Waals surface area contributed by atoms with E-state index in [0.29, 0.717) is 0 Å². The van der Waals surface area contributed by atoms with E-state index in [1.54, 1.807) is 5.57 Å². The van der Waals surface area contributed by atoms with E-state index in [1.165, 1.54) is 18.4 Å². The molecule has 0 heterocycles. The fourth-order valence-electron chi connectivity index (χ4n) is 1.52. The maximum Gasteiger partial charge on any atom is 0.0175 e. The van der Waals surface area contributed by atoms with E-state index in [-0.39, 0.29) is 0 Å². The van der Waals surface area contributed by atoms with E-state index in [1.807, 2.05) is 0 Å². The Morgan fingerprint density at radius 3 is 2.89 bits per heavy atom. The molecule has 0 aromatic carbocycles. The summed E-state index contributed by atoms with van der Waals surface area (Å²) >= 11 is 0. The summed E-state index contributed by atoms with van der Waals surface area (Å²) in [7, 11) is 0. The molecule has 2 rings (SSSR count). The maximum absolute atomic E-state index is 5.47. The summed E-state index contributed by atoms with van der Waals surface area (Å²) in [6.07, 6.45) is 7.23. The minimum Gasteiger partial charge on any atom is -0.327 e. The molecule has 0 aliphatic heterocycles. The van der Waals surface area contributed by atoms with Crippen molar-refractivity contribution in [3.8, 4) is 0 Å². The van der Waals surface area contributed by atoms with Gasteiger partial charge in [0, 0.05) is 6.54 Å². The predicted molar refractivity (Wildman–Crippen MR) is 37.9 cm³/mol. The van der Waals surface area contributed by atoms with Gasteiger partial charge in [-0.05, 0) is 24.3 Å². The lowest BCUT2D eigenvalue weighted by atomic mass is 9.82. The molecule has 0 spiro atoms. The molecule has 1 atom stereocenters. The van der Waals surface area contributed by atoms with Crippen molar-refractivity contribution in [1.29, 1.82) is 0 Å². The molecule has 48 valence electrons. The number of allylic oxidation sites excluding steroid dienone is 2. The highest BCUT2D eigenvalue weighted by atomic mass is 14.5. The maximum atomic E-state index is 5.47. The van der Waals surface area contributed by atoms with Crippen LogP contribution in [0, 0.1) is 5.92 Å². The van der Waals surface area contributed by atoms with Gasteiger partial charge in [0.1, 0.15) is 0 Å². The van der Waals surface area contributed by atoms with Crippen molar-refractivity contribution in [2.24, 2.45) is 11.7 Å². The highest BCUT2D eigenvalue weighted by Crippen LogP contribution is 2.40. The van der Waals surface area contributed by atoms with Crippen LogP contribution in [0.4, 0.5) is 0 Å². The monoisotopic (exact) mass is 121 g/mol. The zero-order valence-electron chi connectivity index (χ0n) is 5.43. The van der Waals surface area contributed by atoms with Crippen LogP contribution in [-0.4, -0.2) is 6.54 Å². The third-order valence-corrected chi connectivity index (χ3v) is 2.24. The van der Waals surface area contributed by atoms with Crippen LogP contribution in [0.5, 0.6) is 0 Å². The van der Waals surface area contributed by atoms with Gasteiger partial charge in [0.25, 0.3) is 0 Å². The van der Waals surface area contributed by atoms with Crippen molar-refractivity contribution in [1.82, 2.24) is 0 Å². The molecule has 0 saturated heterocycles. The van der Waals surface area contributed by atoms with Crippen LogP contribution in [0.1, 0.15) is 12.8 Å². The molecule has 0 aromatic rings. The molecule has 2 aliphatic carbocycles. The lowest BCUT2D eigenvalue weighted by molar-refractivity contribution is 0.542. The smallest absolute Gasteiger partial charge is 0.0175 e. The van der Waals surface area contributed by atoms with Gasteiger partial charge < -0.3 is 5.73 Å². The molecule has 2 aliphatic rings. The summed E-state index contributed by atoms with van der Waals surface area (Å²) in [6.45, 7) is 0.722. The van der Waals surface area contributed by atoms with Crippen LogP contribution in [0.15, 0.2) is 23.3 Å². The Morgan fingerprint density at radius 1 is 1.67 bits per heavy atom. The molecule has 0 radical (unpaired) electrons. The van der Waals surface area contributed by atoms with Crippen LogP contribution >= 0.6 is 0 Å². The summed E-state index contributed by atoms with van der Waals surface area (Å²) < 4.78 is 0. The number of nitrogens with two attached hydrogens (primary N) is 1. The van der Waals surface area contributed by atoms with E-state index < -0.39 is 0 Å². The van der Waals surface area contributed by atoms with Crippen LogP contribution in [0.3, 0.4) is 0 Å². The van der Waals surface area contributed by atoms with Gasteiger partial charge in [-0.2, -0.15) is 0 Å². The highest BCUT2D eigenvalue weighted by Gasteiger charge is 2.25. The fraction of sp³-hybridized carbons (Fsp3) is 0.500. The molecule has 0 aromatic heterocycles. The Morgan fingerprint density at radius 2 is 2.56 bits per heavy atom. The largest absolute Gasteiger partial charge is 0.327 e. The molecule has 1 fully saturated rings. The van der Waals surface area contributed by atoms with Crippen molar-refractivity contribution >= 4 is 0 Å². The van der Waals surface area contributed by atoms with Crippen LogP contribution in [0.25, 0.3) is 0 Å². The summed E-state index contributed by atoms with van der Waals surface area (Å²) in [5.41, 5.74) is 8.42. The summed E-state index contributed by atoms with van der Waals surface area (Å²) in [5.74, 6) is 0.795. The lowest BCUT2D eigenvalue weighted by Crippen LogP contribution is -2.09. The summed E-state index contributed by atoms with van der Waals surface area (Å²) in [6, 6.07) is 0. The third kappa shape index (κ3) is 0.648. The number of fused-ring (bicyclic) bond motifs is 1. The molecule has 9 heavy (non-hydrogen) atoms. The summed E-state index contributed by atoms with van der Waals surface area (Å²) in [4.78, 5) is 0. The normalized spacial score (nSPS) is 30.6. The van der Waals surface area contributed by atoms with Gasteiger partial charge >= 0.3 is 0 Å². The molecule has 1 unspecified atom stereocenters. The zero-order chi connectivity index (χ0) is 6.27. The van der Waals surface area contributed by atoms with E-state index >= 15 is 0 Å². The Hall–Kier alpha value is -0.560. The first-order valence-electron chi connectivity index (χ1n) is 3.51. The van der Waals surface area contributed by atoms with Gasteiger partial charge in [-0.25, -0.2) is 0 Å². The Kier molecular flexibility index (Phi) is 0.995. The average molecular weight is 121 g/mol. The van der Waals surface area contributed by atoms with E-state index in [4.69, 9.17) is 5.73 Å². The van der Waals surface area contributed by atoms with Gasteiger partial charge in [0.15, 0.2) is 0 Å². The van der Waals surface area contributed by atoms with E-state index in [2.05, 4.69) is 12.2 Å². The van der Waals surface area contributed by atoms with Crippen LogP contribution in [0.2, 0.25) is 0 Å². The van der Waals surface area contributed by atoms with Crippen molar-refractivity contribution in [2.75, 3.05) is 6.54 Å². The standard InChI is InChI=1S/C8H11N/c9-5-6-3-7-1-2-8(7)4-6/h3-4,7H,1-2,5,9H2. The molecule has 2 N–H and O–H groups in total. The number of hydrogen-bond acceptors (Lipinski definition) is 1. The van der Waals surface area contributed by atoms with E-state index in [9.17, 15) is 0 Å². The summed E-state index contributed by atoms with van der Waals surface area (Å²) in [5, 5.41) is 0. The minimum atomic E-state index is 0.722. The van der Waals surface area contributed by atoms with Gasteiger partial charge in [-0.3, -0.25) is 0 Å². The second-order valence-corrected chi connectivity index (χ2v) is 2.81. The second kappa shape index (κ2) is 1.71. The first-order chi connectivity index (χ1) is 4.40. The van der Waals surface area contributed by atoms with Crippen molar-refractivity contribution in [3.63, 3.8) is 0 Å². The third-order valence-electron chi connectivity index (χ3n) is 2.24. The molecular weight excluding hydrogens is 110 g/mol. The van der Waals surface area contributed by atoms with Crippen molar-refractivity contribution in [3.05, 3.63) is 23.3 Å². The van der Waals surface area contributed by atoms with Crippen molar-refractivity contribution in [2.45, 2.75) is 12.8 Å². The molecular formula is C8H11N. The van der Waals surface area contributed by atoms with Gasteiger partial charge in [-0.15, -0.1) is 0 Å². The van der Waals surface area contributed by atoms with Crippen LogP contribution in [-0.2, 0) is 0 Å². The van der Waals surface area contributed by atoms with Gasteiger partial charge in [0.05, 0.1) is 0 Å².